The van der Waals surface area contributed by atoms with Gasteiger partial charge in [-0.3, -0.25) is 10.1 Å². The Bertz CT molecular complexity index is 1060. The predicted octanol–water partition coefficient (Wildman–Crippen LogP) is 3.97. The van der Waals surface area contributed by atoms with Crippen molar-refractivity contribution in [3.63, 3.8) is 0 Å². The summed E-state index contributed by atoms with van der Waals surface area (Å²) in [5.41, 5.74) is -3.30. The minimum atomic E-state index is -4.89. The van der Waals surface area contributed by atoms with Crippen molar-refractivity contribution in [1.82, 2.24) is 0 Å². The van der Waals surface area contributed by atoms with Gasteiger partial charge in [-0.1, -0.05) is 0 Å². The van der Waals surface area contributed by atoms with Crippen molar-refractivity contribution in [1.29, 1.82) is 5.26 Å². The molecule has 1 heterocycles. The topological polar surface area (TPSA) is 115 Å². The second-order valence-corrected chi connectivity index (χ2v) is 6.04. The van der Waals surface area contributed by atoms with Gasteiger partial charge in [-0.25, -0.2) is 9.18 Å². The van der Waals surface area contributed by atoms with E-state index in [0.717, 1.165) is 18.2 Å². The van der Waals surface area contributed by atoms with E-state index in [1.165, 1.54) is 6.07 Å². The monoisotopic (exact) mass is 426 g/mol. The zero-order valence-electron chi connectivity index (χ0n) is 14.7. The van der Waals surface area contributed by atoms with Crippen LogP contribution in [-0.2, 0) is 15.7 Å². The first-order chi connectivity index (χ1) is 14.1. The molecule has 156 valence electrons. The smallest absolute Gasteiger partial charge is 0.416 e. The van der Waals surface area contributed by atoms with Crippen molar-refractivity contribution in [3.05, 3.63) is 63.0 Å². The first-order valence-corrected chi connectivity index (χ1v) is 8.16. The maximum Gasteiger partial charge on any atom is 0.416 e. The van der Waals surface area contributed by atoms with E-state index in [2.05, 4.69) is 0 Å². The number of rotatable bonds is 6. The molecule has 0 N–H and O–H groups in total. The Balaban J connectivity index is 1.95. The molecule has 12 heteroatoms. The molecular formula is C18H10F4N2O6. The highest BCUT2D eigenvalue weighted by atomic mass is 19.4. The van der Waals surface area contributed by atoms with Crippen LogP contribution < -0.4 is 4.74 Å². The van der Waals surface area contributed by atoms with Crippen LogP contribution in [0, 0.1) is 27.3 Å². The van der Waals surface area contributed by atoms with Gasteiger partial charge in [-0.05, 0) is 18.2 Å². The van der Waals surface area contributed by atoms with Crippen LogP contribution in [0.15, 0.2) is 30.3 Å². The number of esters is 1. The second-order valence-electron chi connectivity index (χ2n) is 6.04. The van der Waals surface area contributed by atoms with Crippen molar-refractivity contribution in [3.8, 4) is 17.6 Å². The van der Waals surface area contributed by atoms with Crippen LogP contribution in [0.2, 0.25) is 0 Å². The maximum absolute atomic E-state index is 14.2. The van der Waals surface area contributed by atoms with Gasteiger partial charge < -0.3 is 14.2 Å². The lowest BCUT2D eigenvalue weighted by molar-refractivity contribution is -0.385. The summed E-state index contributed by atoms with van der Waals surface area (Å²) >= 11 is 0. The van der Waals surface area contributed by atoms with Crippen LogP contribution in [0.4, 0.5) is 23.2 Å². The Labute approximate surface area is 165 Å². The molecule has 2 aromatic rings. The number of carbonyl (C=O) groups is 1. The number of nitrogens with zero attached hydrogens (tertiary/aromatic N) is 2. The van der Waals surface area contributed by atoms with Crippen molar-refractivity contribution >= 4 is 11.7 Å². The van der Waals surface area contributed by atoms with E-state index in [1.54, 1.807) is 0 Å². The minimum absolute atomic E-state index is 0.132. The number of hydrogen-bond donors (Lipinski definition) is 0. The Kier molecular flexibility index (Phi) is 5.57. The van der Waals surface area contributed by atoms with Gasteiger partial charge in [-0.15, -0.1) is 0 Å². The SMILES string of the molecule is N#Cc1cc(C(F)(F)F)cc(F)c1Oc1ccc([N+](=O)[O-])c(C(=O)OCC2CO2)c1. The van der Waals surface area contributed by atoms with Gasteiger partial charge in [0.2, 0.25) is 0 Å². The Morgan fingerprint density at radius 2 is 2.03 bits per heavy atom. The van der Waals surface area contributed by atoms with Crippen LogP contribution in [0.25, 0.3) is 0 Å². The molecule has 1 saturated heterocycles. The van der Waals surface area contributed by atoms with E-state index >= 15 is 0 Å². The second kappa shape index (κ2) is 7.96. The minimum Gasteiger partial charge on any atom is -0.459 e. The predicted molar refractivity (Wildman–Crippen MR) is 89.3 cm³/mol. The zero-order valence-corrected chi connectivity index (χ0v) is 14.7. The average Bonchev–Trinajstić information content (AvgIpc) is 3.50. The lowest BCUT2D eigenvalue weighted by Crippen LogP contribution is -2.12. The molecule has 1 fully saturated rings. The zero-order chi connectivity index (χ0) is 22.1. The van der Waals surface area contributed by atoms with Gasteiger partial charge in [0, 0.05) is 12.1 Å². The summed E-state index contributed by atoms with van der Waals surface area (Å²) in [6.07, 6.45) is -5.19. The van der Waals surface area contributed by atoms with E-state index in [-0.39, 0.29) is 24.5 Å². The molecular weight excluding hydrogens is 416 g/mol. The molecule has 0 amide bonds. The molecule has 3 rings (SSSR count). The van der Waals surface area contributed by atoms with Gasteiger partial charge in [0.15, 0.2) is 11.6 Å². The molecule has 2 aromatic carbocycles. The summed E-state index contributed by atoms with van der Waals surface area (Å²) in [5.74, 6) is -3.71. The molecule has 0 spiro atoms. The molecule has 1 aliphatic rings. The summed E-state index contributed by atoms with van der Waals surface area (Å²) < 4.78 is 67.5. The van der Waals surface area contributed by atoms with Crippen LogP contribution in [0.5, 0.6) is 11.5 Å². The van der Waals surface area contributed by atoms with Gasteiger partial charge >= 0.3 is 12.1 Å². The largest absolute Gasteiger partial charge is 0.459 e. The first-order valence-electron chi connectivity index (χ1n) is 8.16. The van der Waals surface area contributed by atoms with Crippen LogP contribution in [-0.4, -0.2) is 30.2 Å². The molecule has 0 aromatic heterocycles. The van der Waals surface area contributed by atoms with Crippen molar-refractivity contribution in [2.24, 2.45) is 0 Å². The van der Waals surface area contributed by atoms with E-state index in [1.807, 2.05) is 0 Å². The van der Waals surface area contributed by atoms with Gasteiger partial charge in [0.25, 0.3) is 5.69 Å². The van der Waals surface area contributed by atoms with Crippen molar-refractivity contribution < 1.29 is 41.5 Å². The fraction of sp³-hybridized carbons (Fsp3) is 0.222. The number of nitriles is 1. The molecule has 1 unspecified atom stereocenters. The van der Waals surface area contributed by atoms with E-state index in [9.17, 15) is 32.5 Å². The lowest BCUT2D eigenvalue weighted by atomic mass is 10.1. The van der Waals surface area contributed by atoms with Crippen LogP contribution in [0.3, 0.4) is 0 Å². The van der Waals surface area contributed by atoms with E-state index < -0.39 is 51.0 Å². The Hall–Kier alpha value is -3.72. The molecule has 0 radical (unpaired) electrons. The maximum atomic E-state index is 14.2. The number of benzene rings is 2. The molecule has 0 aliphatic carbocycles. The molecule has 0 saturated carbocycles. The van der Waals surface area contributed by atoms with E-state index in [0.29, 0.717) is 12.7 Å². The average molecular weight is 426 g/mol. The third-order valence-corrected chi connectivity index (χ3v) is 3.90. The summed E-state index contributed by atoms with van der Waals surface area (Å²) in [7, 11) is 0. The van der Waals surface area contributed by atoms with Crippen LogP contribution in [0.1, 0.15) is 21.5 Å². The fourth-order valence-electron chi connectivity index (χ4n) is 2.37. The standard InChI is InChI=1S/C18H10F4N2O6/c19-14-4-10(18(20,21)22)3-9(6-23)16(14)30-11-1-2-15(24(26)27)13(5-11)17(25)29-8-12-7-28-12/h1-5,12H,7-8H2. The number of alkyl halides is 3. The summed E-state index contributed by atoms with van der Waals surface area (Å²) in [6, 6.07) is 4.69. The Morgan fingerprint density at radius 1 is 1.33 bits per heavy atom. The summed E-state index contributed by atoms with van der Waals surface area (Å²) in [5, 5.41) is 20.2. The highest BCUT2D eigenvalue weighted by Crippen LogP contribution is 2.37. The third kappa shape index (κ3) is 4.64. The van der Waals surface area contributed by atoms with Crippen molar-refractivity contribution in [2.45, 2.75) is 12.3 Å². The Morgan fingerprint density at radius 3 is 2.60 bits per heavy atom. The van der Waals surface area contributed by atoms with Crippen LogP contribution >= 0.6 is 0 Å². The van der Waals surface area contributed by atoms with Gasteiger partial charge in [0.1, 0.15) is 30.1 Å². The number of nitro benzene ring substituents is 1. The number of halogens is 4. The fourth-order valence-corrected chi connectivity index (χ4v) is 2.37. The first kappa shape index (κ1) is 21.0. The molecule has 8 nitrogen and oxygen atoms in total. The lowest BCUT2D eigenvalue weighted by Gasteiger charge is -2.13. The number of nitro groups is 1. The quantitative estimate of drug-likeness (QED) is 0.226. The molecule has 1 aliphatic heterocycles. The van der Waals surface area contributed by atoms with Gasteiger partial charge in [-0.2, -0.15) is 18.4 Å². The number of hydrogen-bond acceptors (Lipinski definition) is 7. The summed E-state index contributed by atoms with van der Waals surface area (Å²) in [6.45, 7) is 0.246. The molecule has 0 bridgehead atoms. The number of ether oxygens (including phenoxy) is 3. The van der Waals surface area contributed by atoms with Crippen molar-refractivity contribution in [2.75, 3.05) is 13.2 Å². The highest BCUT2D eigenvalue weighted by molar-refractivity contribution is 5.94. The number of epoxide rings is 1. The highest BCUT2D eigenvalue weighted by Gasteiger charge is 2.33. The van der Waals surface area contributed by atoms with Gasteiger partial charge in [0.05, 0.1) is 22.7 Å². The summed E-state index contributed by atoms with van der Waals surface area (Å²) in [4.78, 5) is 22.5. The van der Waals surface area contributed by atoms with E-state index in [4.69, 9.17) is 19.5 Å². The molecule has 1 atom stereocenters. The third-order valence-electron chi connectivity index (χ3n) is 3.90. The normalized spacial score (nSPS) is 15.2. The number of carbonyl (C=O) groups excluding carboxylic acids is 1. The molecule has 30 heavy (non-hydrogen) atoms.